The summed E-state index contributed by atoms with van der Waals surface area (Å²) in [5.41, 5.74) is 8.62. The van der Waals surface area contributed by atoms with Crippen LogP contribution in [0.2, 0.25) is 0 Å². The van der Waals surface area contributed by atoms with Gasteiger partial charge >= 0.3 is 0 Å². The third-order valence-corrected chi connectivity index (χ3v) is 3.47. The first-order valence-corrected chi connectivity index (χ1v) is 6.09. The van der Waals surface area contributed by atoms with Crippen LogP contribution in [0.15, 0.2) is 12.1 Å². The van der Waals surface area contributed by atoms with Crippen LogP contribution in [-0.4, -0.2) is 23.2 Å². The Kier molecular flexibility index (Phi) is 3.17. The number of aliphatic hydroxyl groups is 1. The zero-order valence-corrected chi connectivity index (χ0v) is 10.7. The van der Waals surface area contributed by atoms with Crippen molar-refractivity contribution in [2.75, 3.05) is 23.0 Å². The van der Waals surface area contributed by atoms with Crippen LogP contribution in [0.3, 0.4) is 0 Å². The van der Waals surface area contributed by atoms with Gasteiger partial charge in [-0.3, -0.25) is 4.79 Å². The Bertz CT molecular complexity index is 481. The van der Waals surface area contributed by atoms with E-state index in [1.807, 2.05) is 26.0 Å². The van der Waals surface area contributed by atoms with Gasteiger partial charge in [0.05, 0.1) is 29.9 Å². The molecule has 0 bridgehead atoms. The molecule has 0 saturated heterocycles. The molecule has 1 atom stereocenters. The van der Waals surface area contributed by atoms with E-state index >= 15 is 0 Å². The van der Waals surface area contributed by atoms with Crippen LogP contribution in [0.25, 0.3) is 0 Å². The van der Waals surface area contributed by atoms with Crippen LogP contribution in [0.5, 0.6) is 0 Å². The summed E-state index contributed by atoms with van der Waals surface area (Å²) in [6.45, 7) is 3.94. The largest absolute Gasteiger partial charge is 0.397 e. The minimum Gasteiger partial charge on any atom is -0.397 e. The Balaban J connectivity index is 2.30. The van der Waals surface area contributed by atoms with E-state index in [0.29, 0.717) is 12.1 Å². The van der Waals surface area contributed by atoms with Gasteiger partial charge < -0.3 is 21.5 Å². The molecule has 1 aromatic carbocycles. The molecule has 1 aliphatic heterocycles. The lowest BCUT2D eigenvalue weighted by Gasteiger charge is -2.29. The maximum atomic E-state index is 11.3. The van der Waals surface area contributed by atoms with E-state index in [4.69, 9.17) is 5.73 Å². The van der Waals surface area contributed by atoms with Crippen LogP contribution in [-0.2, 0) is 11.2 Å². The number of fused-ring (bicyclic) bond motifs is 1. The van der Waals surface area contributed by atoms with Gasteiger partial charge in [0, 0.05) is 5.69 Å². The van der Waals surface area contributed by atoms with Crippen LogP contribution in [0.4, 0.5) is 17.1 Å². The van der Waals surface area contributed by atoms with E-state index in [2.05, 4.69) is 10.6 Å². The topological polar surface area (TPSA) is 87.4 Å². The molecule has 1 aromatic rings. The fraction of sp³-hybridized carbons (Fsp3) is 0.462. The molecule has 5 nitrogen and oxygen atoms in total. The van der Waals surface area contributed by atoms with Gasteiger partial charge in [0.2, 0.25) is 5.91 Å². The van der Waals surface area contributed by atoms with Gasteiger partial charge in [-0.15, -0.1) is 0 Å². The third-order valence-electron chi connectivity index (χ3n) is 3.47. The summed E-state index contributed by atoms with van der Waals surface area (Å²) in [5.74, 6) is -0.0121. The number of hydrogen-bond donors (Lipinski definition) is 4. The van der Waals surface area contributed by atoms with E-state index in [9.17, 15) is 9.90 Å². The van der Waals surface area contributed by atoms with Crippen molar-refractivity contribution in [3.05, 3.63) is 17.7 Å². The lowest BCUT2D eigenvalue weighted by Crippen LogP contribution is -2.38. The Morgan fingerprint density at radius 3 is 2.89 bits per heavy atom. The average Bonchev–Trinajstić information content (AvgIpc) is 2.68. The summed E-state index contributed by atoms with van der Waals surface area (Å²) in [6.07, 6.45) is 1.15. The summed E-state index contributed by atoms with van der Waals surface area (Å²) < 4.78 is 0. The van der Waals surface area contributed by atoms with Crippen LogP contribution >= 0.6 is 0 Å². The first-order valence-electron chi connectivity index (χ1n) is 6.09. The zero-order chi connectivity index (χ0) is 13.3. The highest BCUT2D eigenvalue weighted by Crippen LogP contribution is 2.33. The van der Waals surface area contributed by atoms with Crippen LogP contribution in [0.1, 0.15) is 25.8 Å². The van der Waals surface area contributed by atoms with Crippen molar-refractivity contribution in [3.63, 3.8) is 0 Å². The number of carbonyl (C=O) groups is 1. The summed E-state index contributed by atoms with van der Waals surface area (Å²) in [5, 5.41) is 15.4. The van der Waals surface area contributed by atoms with Crippen molar-refractivity contribution >= 4 is 23.0 Å². The number of benzene rings is 1. The number of aliphatic hydroxyl groups excluding tert-OH is 1. The second-order valence-corrected chi connectivity index (χ2v) is 5.02. The quantitative estimate of drug-likeness (QED) is 0.606. The Labute approximate surface area is 106 Å². The van der Waals surface area contributed by atoms with E-state index < -0.39 is 5.54 Å². The number of nitrogen functional groups attached to an aromatic ring is 1. The van der Waals surface area contributed by atoms with Gasteiger partial charge in [0.25, 0.3) is 0 Å². The van der Waals surface area contributed by atoms with Crippen LogP contribution < -0.4 is 16.4 Å². The molecular weight excluding hydrogens is 230 g/mol. The van der Waals surface area contributed by atoms with Gasteiger partial charge in [-0.05, 0) is 31.0 Å². The van der Waals surface area contributed by atoms with E-state index in [-0.39, 0.29) is 12.5 Å². The maximum Gasteiger partial charge on any atom is 0.228 e. The predicted octanol–water partition coefficient (Wildman–Crippen LogP) is 1.34. The number of hydrogen-bond acceptors (Lipinski definition) is 4. The van der Waals surface area contributed by atoms with Gasteiger partial charge in [0.1, 0.15) is 0 Å². The summed E-state index contributed by atoms with van der Waals surface area (Å²) in [7, 11) is 0. The first kappa shape index (κ1) is 12.7. The second-order valence-electron chi connectivity index (χ2n) is 5.02. The molecule has 0 spiro atoms. The smallest absolute Gasteiger partial charge is 0.228 e. The fourth-order valence-electron chi connectivity index (χ4n) is 1.97. The molecule has 0 radical (unpaired) electrons. The van der Waals surface area contributed by atoms with Gasteiger partial charge in [-0.25, -0.2) is 0 Å². The number of anilines is 3. The molecule has 0 aromatic heterocycles. The molecule has 0 fully saturated rings. The Morgan fingerprint density at radius 1 is 1.56 bits per heavy atom. The third kappa shape index (κ3) is 2.26. The molecule has 1 aliphatic rings. The normalized spacial score (nSPS) is 16.9. The minimum atomic E-state index is -0.412. The molecule has 2 rings (SSSR count). The van der Waals surface area contributed by atoms with Gasteiger partial charge in [-0.2, -0.15) is 0 Å². The summed E-state index contributed by atoms with van der Waals surface area (Å²) in [6, 6.07) is 3.64. The number of nitrogens with one attached hydrogen (secondary N) is 2. The fourth-order valence-corrected chi connectivity index (χ4v) is 1.97. The predicted molar refractivity (Wildman–Crippen MR) is 72.6 cm³/mol. The molecule has 5 N–H and O–H groups in total. The Morgan fingerprint density at radius 2 is 2.28 bits per heavy atom. The van der Waals surface area contributed by atoms with Crippen LogP contribution in [0, 0.1) is 0 Å². The van der Waals surface area contributed by atoms with E-state index in [0.717, 1.165) is 23.4 Å². The highest BCUT2D eigenvalue weighted by Gasteiger charge is 2.24. The summed E-state index contributed by atoms with van der Waals surface area (Å²) in [4.78, 5) is 11.3. The standard InChI is InChI=1S/C13H19N3O2/c1-3-13(2,7-17)16-11-6-10-8(4-9(11)14)5-12(18)15-10/h4,6,16-17H,3,5,7,14H2,1-2H3,(H,15,18). The van der Waals surface area contributed by atoms with Crippen molar-refractivity contribution in [1.29, 1.82) is 0 Å². The van der Waals surface area contributed by atoms with Crippen molar-refractivity contribution in [1.82, 2.24) is 0 Å². The minimum absolute atomic E-state index is 0.0121. The number of nitrogens with two attached hydrogens (primary N) is 1. The number of carbonyl (C=O) groups excluding carboxylic acids is 1. The second kappa shape index (κ2) is 4.49. The Hall–Kier alpha value is -1.75. The molecule has 0 saturated carbocycles. The van der Waals surface area contributed by atoms with E-state index in [1.165, 1.54) is 0 Å². The van der Waals surface area contributed by atoms with Crippen molar-refractivity contribution < 1.29 is 9.90 Å². The molecule has 5 heteroatoms. The zero-order valence-electron chi connectivity index (χ0n) is 10.7. The number of rotatable bonds is 4. The molecule has 18 heavy (non-hydrogen) atoms. The average molecular weight is 249 g/mol. The molecule has 1 unspecified atom stereocenters. The SMILES string of the molecule is CCC(C)(CO)Nc1cc2c(cc1N)CC(=O)N2. The van der Waals surface area contributed by atoms with Gasteiger partial charge in [0.15, 0.2) is 0 Å². The van der Waals surface area contributed by atoms with Crippen molar-refractivity contribution in [2.45, 2.75) is 32.2 Å². The molecule has 1 amide bonds. The highest BCUT2D eigenvalue weighted by atomic mass is 16.3. The molecule has 98 valence electrons. The van der Waals surface area contributed by atoms with Gasteiger partial charge in [-0.1, -0.05) is 6.92 Å². The first-order chi connectivity index (χ1) is 8.47. The molecule has 1 heterocycles. The van der Waals surface area contributed by atoms with Crippen molar-refractivity contribution in [2.24, 2.45) is 0 Å². The van der Waals surface area contributed by atoms with Crippen molar-refractivity contribution in [3.8, 4) is 0 Å². The monoisotopic (exact) mass is 249 g/mol. The molecule has 0 aliphatic carbocycles. The highest BCUT2D eigenvalue weighted by molar-refractivity contribution is 6.00. The number of amides is 1. The lowest BCUT2D eigenvalue weighted by molar-refractivity contribution is -0.115. The maximum absolute atomic E-state index is 11.3. The molecular formula is C13H19N3O2. The lowest BCUT2D eigenvalue weighted by atomic mass is 9.99. The summed E-state index contributed by atoms with van der Waals surface area (Å²) >= 11 is 0. The van der Waals surface area contributed by atoms with E-state index in [1.54, 1.807) is 0 Å².